The second-order valence-corrected chi connectivity index (χ2v) is 7.25. The molecule has 0 aromatic heterocycles. The highest BCUT2D eigenvalue weighted by Crippen LogP contribution is 2.55. The Balaban J connectivity index is 3.17. The number of rotatable bonds is 7. The molecule has 4 unspecified atom stereocenters. The standard InChI is InChI=1S/C16H24F6INO3/c1-4-24-10(3)9(2)13(25)26-12-8-6-5-7-11(12)14(27-23,15(17,18)19)16(20,21)22/h9-12,24H,4-8H2,1-3H3. The van der Waals surface area contributed by atoms with Crippen LogP contribution in [-0.2, 0) is 12.6 Å². The molecule has 0 bridgehead atoms. The van der Waals surface area contributed by atoms with Gasteiger partial charge in [0.2, 0.25) is 0 Å². The highest BCUT2D eigenvalue weighted by Gasteiger charge is 2.77. The normalized spacial score (nSPS) is 24.4. The van der Waals surface area contributed by atoms with Crippen LogP contribution in [0.2, 0.25) is 0 Å². The van der Waals surface area contributed by atoms with Crippen LogP contribution in [0.3, 0.4) is 0 Å². The van der Waals surface area contributed by atoms with Gasteiger partial charge in [-0.25, -0.2) is 0 Å². The molecular weight excluding hydrogens is 495 g/mol. The van der Waals surface area contributed by atoms with Crippen LogP contribution in [0, 0.1) is 11.8 Å². The zero-order valence-electron chi connectivity index (χ0n) is 15.2. The predicted octanol–water partition coefficient (Wildman–Crippen LogP) is 4.95. The Morgan fingerprint density at radius 1 is 1.11 bits per heavy atom. The van der Waals surface area contributed by atoms with Crippen LogP contribution >= 0.6 is 23.0 Å². The van der Waals surface area contributed by atoms with Gasteiger partial charge in [0.15, 0.2) is 0 Å². The van der Waals surface area contributed by atoms with E-state index >= 15 is 0 Å². The highest BCUT2D eigenvalue weighted by atomic mass is 127. The minimum atomic E-state index is -5.71. The Kier molecular flexibility index (Phi) is 8.67. The summed E-state index contributed by atoms with van der Waals surface area (Å²) in [5.74, 6) is -3.61. The smallest absolute Gasteiger partial charge is 0.427 e. The summed E-state index contributed by atoms with van der Waals surface area (Å²) in [5.41, 5.74) is -4.39. The molecule has 1 aliphatic rings. The molecule has 1 rings (SSSR count). The molecule has 4 atom stereocenters. The van der Waals surface area contributed by atoms with E-state index in [0.29, 0.717) is 36.0 Å². The van der Waals surface area contributed by atoms with Crippen LogP contribution in [0.15, 0.2) is 0 Å². The Bertz CT molecular complexity index is 486. The molecular formula is C16H24F6INO3. The first-order valence-electron chi connectivity index (χ1n) is 8.70. The number of hydrogen-bond acceptors (Lipinski definition) is 4. The fourth-order valence-electron chi connectivity index (χ4n) is 3.39. The summed E-state index contributed by atoms with van der Waals surface area (Å²) in [6.07, 6.45) is -12.9. The van der Waals surface area contributed by atoms with Crippen LogP contribution in [0.4, 0.5) is 26.3 Å². The Morgan fingerprint density at radius 2 is 1.63 bits per heavy atom. The number of alkyl halides is 6. The van der Waals surface area contributed by atoms with E-state index in [0.717, 1.165) is 0 Å². The molecule has 1 fully saturated rings. The molecule has 11 heteroatoms. The number of esters is 1. The third-order valence-electron chi connectivity index (χ3n) is 5.10. The highest BCUT2D eigenvalue weighted by molar-refractivity contribution is 14.1. The lowest BCUT2D eigenvalue weighted by atomic mass is 9.74. The van der Waals surface area contributed by atoms with Crippen molar-refractivity contribution in [3.8, 4) is 0 Å². The van der Waals surface area contributed by atoms with Crippen LogP contribution in [-0.4, -0.2) is 42.6 Å². The summed E-state index contributed by atoms with van der Waals surface area (Å²) in [6.45, 7) is 5.57. The van der Waals surface area contributed by atoms with E-state index in [-0.39, 0.29) is 18.9 Å². The largest absolute Gasteiger partial charge is 0.462 e. The molecule has 0 spiro atoms. The van der Waals surface area contributed by atoms with Gasteiger partial charge in [0.05, 0.1) is 5.92 Å². The van der Waals surface area contributed by atoms with Crippen molar-refractivity contribution in [2.75, 3.05) is 6.54 Å². The Labute approximate surface area is 168 Å². The lowest BCUT2D eigenvalue weighted by Gasteiger charge is -2.45. The van der Waals surface area contributed by atoms with E-state index in [1.165, 1.54) is 6.92 Å². The third kappa shape index (κ3) is 5.20. The molecule has 0 saturated heterocycles. The van der Waals surface area contributed by atoms with Crippen LogP contribution in [0.5, 0.6) is 0 Å². The van der Waals surface area contributed by atoms with Gasteiger partial charge < -0.3 is 10.1 Å². The first kappa shape index (κ1) is 24.7. The maximum atomic E-state index is 13.6. The van der Waals surface area contributed by atoms with Gasteiger partial charge in [-0.05, 0) is 32.7 Å². The minimum Gasteiger partial charge on any atom is -0.462 e. The van der Waals surface area contributed by atoms with Crippen LogP contribution in [0.1, 0.15) is 46.5 Å². The van der Waals surface area contributed by atoms with E-state index in [2.05, 4.69) is 8.38 Å². The summed E-state index contributed by atoms with van der Waals surface area (Å²) in [5, 5.41) is 2.98. The molecule has 0 aromatic rings. The van der Waals surface area contributed by atoms with Gasteiger partial charge in [0.1, 0.15) is 29.1 Å². The fraction of sp³-hybridized carbons (Fsp3) is 0.938. The summed E-state index contributed by atoms with van der Waals surface area (Å²) < 4.78 is 90.6. The van der Waals surface area contributed by atoms with E-state index < -0.39 is 48.3 Å². The lowest BCUT2D eigenvalue weighted by Crippen LogP contribution is -2.65. The van der Waals surface area contributed by atoms with Gasteiger partial charge in [-0.15, -0.1) is 0 Å². The number of hydrogen-bond donors (Lipinski definition) is 1. The number of carbonyl (C=O) groups excluding carboxylic acids is 1. The van der Waals surface area contributed by atoms with Gasteiger partial charge in [0.25, 0.3) is 5.60 Å². The zero-order valence-corrected chi connectivity index (χ0v) is 17.4. The van der Waals surface area contributed by atoms with Crippen LogP contribution < -0.4 is 5.32 Å². The van der Waals surface area contributed by atoms with Crippen molar-refractivity contribution in [3.05, 3.63) is 0 Å². The molecule has 0 amide bonds. The number of nitrogens with one attached hydrogen (secondary N) is 1. The van der Waals surface area contributed by atoms with Gasteiger partial charge in [-0.3, -0.25) is 7.86 Å². The van der Waals surface area contributed by atoms with Crippen molar-refractivity contribution >= 4 is 29.0 Å². The maximum absolute atomic E-state index is 13.6. The SMILES string of the molecule is CCNC(C)C(C)C(=O)OC1CCCCC1C(OI)(C(F)(F)F)C(F)(F)F. The second kappa shape index (κ2) is 9.47. The number of halogens is 7. The lowest BCUT2D eigenvalue weighted by molar-refractivity contribution is -0.374. The van der Waals surface area contributed by atoms with E-state index in [9.17, 15) is 31.1 Å². The third-order valence-corrected chi connectivity index (χ3v) is 5.80. The molecule has 0 heterocycles. The predicted molar refractivity (Wildman–Crippen MR) is 94.1 cm³/mol. The van der Waals surface area contributed by atoms with E-state index in [1.54, 1.807) is 6.92 Å². The van der Waals surface area contributed by atoms with Crippen molar-refractivity contribution in [1.82, 2.24) is 5.32 Å². The van der Waals surface area contributed by atoms with Crippen molar-refractivity contribution in [1.29, 1.82) is 0 Å². The van der Waals surface area contributed by atoms with Gasteiger partial charge in [-0.2, -0.15) is 26.3 Å². The summed E-state index contributed by atoms with van der Waals surface area (Å²) in [6, 6.07) is -0.333. The van der Waals surface area contributed by atoms with E-state index in [1.807, 2.05) is 6.92 Å². The molecule has 27 heavy (non-hydrogen) atoms. The number of carbonyl (C=O) groups is 1. The summed E-state index contributed by atoms with van der Waals surface area (Å²) >= 11 is 0.643. The molecule has 160 valence electrons. The van der Waals surface area contributed by atoms with Crippen molar-refractivity contribution < 1.29 is 38.9 Å². The van der Waals surface area contributed by atoms with Crippen molar-refractivity contribution in [3.63, 3.8) is 0 Å². The zero-order chi connectivity index (χ0) is 21.0. The molecule has 1 saturated carbocycles. The molecule has 1 aliphatic carbocycles. The average molecular weight is 519 g/mol. The second-order valence-electron chi connectivity index (χ2n) is 6.81. The topological polar surface area (TPSA) is 47.6 Å². The molecule has 0 aliphatic heterocycles. The molecule has 1 N–H and O–H groups in total. The summed E-state index contributed by atoms with van der Waals surface area (Å²) in [4.78, 5) is 12.3. The van der Waals surface area contributed by atoms with E-state index in [4.69, 9.17) is 4.74 Å². The minimum absolute atomic E-state index is 0.0768. The Morgan fingerprint density at radius 3 is 2.07 bits per heavy atom. The van der Waals surface area contributed by atoms with Gasteiger partial charge in [0, 0.05) is 12.0 Å². The van der Waals surface area contributed by atoms with Crippen molar-refractivity contribution in [2.24, 2.45) is 11.8 Å². The van der Waals surface area contributed by atoms with Crippen LogP contribution in [0.25, 0.3) is 0 Å². The molecule has 0 aromatic carbocycles. The Hall–Kier alpha value is -0.300. The monoisotopic (exact) mass is 519 g/mol. The molecule has 0 radical (unpaired) electrons. The summed E-state index contributed by atoms with van der Waals surface area (Å²) in [7, 11) is 0. The van der Waals surface area contributed by atoms with Gasteiger partial charge >= 0.3 is 18.3 Å². The number of ether oxygens (including phenoxy) is 1. The maximum Gasteiger partial charge on any atom is 0.427 e. The fourth-order valence-corrected chi connectivity index (χ4v) is 4.21. The average Bonchev–Trinajstić information content (AvgIpc) is 2.54. The quantitative estimate of drug-likeness (QED) is 0.294. The first-order chi connectivity index (χ1) is 12.3. The molecule has 4 nitrogen and oxygen atoms in total. The van der Waals surface area contributed by atoms with Crippen molar-refractivity contribution in [2.45, 2.75) is 76.6 Å². The first-order valence-corrected chi connectivity index (χ1v) is 9.58. The van der Waals surface area contributed by atoms with Gasteiger partial charge in [-0.1, -0.05) is 20.3 Å².